The normalized spacial score (nSPS) is 44.9. The molecule has 5 nitrogen and oxygen atoms in total. The summed E-state index contributed by atoms with van der Waals surface area (Å²) in [6, 6.07) is 0.279. The number of nitrogens with two attached hydrogens (primary N) is 1. The highest BCUT2D eigenvalue weighted by molar-refractivity contribution is 5.75. The molecule has 1 unspecified atom stereocenters. The van der Waals surface area contributed by atoms with Gasteiger partial charge in [0.25, 0.3) is 0 Å². The van der Waals surface area contributed by atoms with Crippen molar-refractivity contribution in [2.45, 2.75) is 50.1 Å². The van der Waals surface area contributed by atoms with Crippen LogP contribution in [0.5, 0.6) is 0 Å². The highest BCUT2D eigenvalue weighted by Gasteiger charge is 2.52. The first-order valence-corrected chi connectivity index (χ1v) is 8.67. The predicted octanol–water partition coefficient (Wildman–Crippen LogP) is 0.897. The van der Waals surface area contributed by atoms with Gasteiger partial charge in [-0.3, -0.25) is 0 Å². The molecular weight excluding hydrogens is 264 g/mol. The number of nitrogens with one attached hydrogen (secondary N) is 2. The van der Waals surface area contributed by atoms with Gasteiger partial charge >= 0.3 is 6.03 Å². The van der Waals surface area contributed by atoms with Crippen molar-refractivity contribution in [1.82, 2.24) is 15.5 Å². The number of hydrogen-bond acceptors (Lipinski definition) is 3. The van der Waals surface area contributed by atoms with E-state index in [1.165, 1.54) is 38.5 Å². The van der Waals surface area contributed by atoms with Gasteiger partial charge in [0.05, 0.1) is 6.04 Å². The molecule has 1 heterocycles. The smallest absolute Gasteiger partial charge is 0.318 e. The van der Waals surface area contributed by atoms with E-state index in [-0.39, 0.29) is 17.6 Å². The minimum Gasteiger partial charge on any atom is -0.333 e. The highest BCUT2D eigenvalue weighted by atomic mass is 16.2. The summed E-state index contributed by atoms with van der Waals surface area (Å²) >= 11 is 0. The molecule has 1 aliphatic heterocycles. The second-order valence-corrected chi connectivity index (χ2v) is 7.92. The largest absolute Gasteiger partial charge is 0.333 e. The van der Waals surface area contributed by atoms with Crippen molar-refractivity contribution in [2.24, 2.45) is 23.5 Å². The molecule has 21 heavy (non-hydrogen) atoms. The zero-order valence-electron chi connectivity index (χ0n) is 12.8. The summed E-state index contributed by atoms with van der Waals surface area (Å²) in [4.78, 5) is 14.8. The van der Waals surface area contributed by atoms with Gasteiger partial charge in [-0.15, -0.1) is 0 Å². The summed E-state index contributed by atoms with van der Waals surface area (Å²) in [6.45, 7) is 3.02. The lowest BCUT2D eigenvalue weighted by atomic mass is 9.53. The number of rotatable bonds is 2. The summed E-state index contributed by atoms with van der Waals surface area (Å²) < 4.78 is 0. The van der Waals surface area contributed by atoms with Gasteiger partial charge < -0.3 is 21.3 Å². The van der Waals surface area contributed by atoms with Gasteiger partial charge in [0.15, 0.2) is 0 Å². The Morgan fingerprint density at radius 2 is 1.81 bits per heavy atom. The second kappa shape index (κ2) is 5.13. The van der Waals surface area contributed by atoms with Crippen LogP contribution >= 0.6 is 0 Å². The van der Waals surface area contributed by atoms with Crippen LogP contribution in [-0.4, -0.2) is 48.7 Å². The Kier molecular flexibility index (Phi) is 3.38. The van der Waals surface area contributed by atoms with Crippen LogP contribution in [0.4, 0.5) is 4.79 Å². The van der Waals surface area contributed by atoms with E-state index in [0.717, 1.165) is 37.4 Å². The molecule has 0 aromatic rings. The van der Waals surface area contributed by atoms with E-state index in [2.05, 4.69) is 10.6 Å². The monoisotopic (exact) mass is 292 g/mol. The maximum absolute atomic E-state index is 12.8. The molecule has 5 rings (SSSR count). The molecule has 0 aromatic carbocycles. The quantitative estimate of drug-likeness (QED) is 0.708. The van der Waals surface area contributed by atoms with Crippen LogP contribution < -0.4 is 16.4 Å². The average molecular weight is 292 g/mol. The fourth-order valence-corrected chi connectivity index (χ4v) is 5.80. The molecule has 118 valence electrons. The third kappa shape index (κ3) is 2.44. The van der Waals surface area contributed by atoms with E-state index >= 15 is 0 Å². The van der Waals surface area contributed by atoms with Crippen molar-refractivity contribution in [3.05, 3.63) is 0 Å². The Hall–Kier alpha value is -0.810. The number of amides is 2. The van der Waals surface area contributed by atoms with Crippen molar-refractivity contribution in [3.63, 3.8) is 0 Å². The van der Waals surface area contributed by atoms with Gasteiger partial charge in [0.1, 0.15) is 0 Å². The van der Waals surface area contributed by atoms with Crippen molar-refractivity contribution in [2.75, 3.05) is 26.2 Å². The molecule has 5 aliphatic rings. The van der Waals surface area contributed by atoms with E-state index in [1.54, 1.807) is 0 Å². The van der Waals surface area contributed by atoms with Gasteiger partial charge in [0.2, 0.25) is 0 Å². The van der Waals surface area contributed by atoms with E-state index in [1.807, 2.05) is 4.90 Å². The lowest BCUT2D eigenvalue weighted by molar-refractivity contribution is -0.0166. The Labute approximate surface area is 127 Å². The first-order chi connectivity index (χ1) is 10.2. The minimum absolute atomic E-state index is 0.107. The summed E-state index contributed by atoms with van der Waals surface area (Å²) in [7, 11) is 0. The van der Waals surface area contributed by atoms with E-state index in [4.69, 9.17) is 5.73 Å². The molecule has 4 bridgehead atoms. The molecule has 0 aromatic heterocycles. The van der Waals surface area contributed by atoms with Crippen LogP contribution in [0, 0.1) is 17.8 Å². The molecule has 0 spiro atoms. The van der Waals surface area contributed by atoms with Gasteiger partial charge in [-0.25, -0.2) is 4.79 Å². The van der Waals surface area contributed by atoms with Gasteiger partial charge in [-0.1, -0.05) is 0 Å². The van der Waals surface area contributed by atoms with Crippen molar-refractivity contribution < 1.29 is 4.79 Å². The lowest BCUT2D eigenvalue weighted by Crippen LogP contribution is -2.65. The number of urea groups is 1. The Morgan fingerprint density at radius 3 is 2.38 bits per heavy atom. The van der Waals surface area contributed by atoms with Crippen LogP contribution in [-0.2, 0) is 0 Å². The molecule has 5 heteroatoms. The SMILES string of the molecule is NCC1CNCCN1C(=O)NC12CC3CC(CC(C3)C1)C2. The molecule has 1 atom stereocenters. The van der Waals surface area contributed by atoms with Crippen LogP contribution in [0.15, 0.2) is 0 Å². The number of hydrogen-bond donors (Lipinski definition) is 3. The first-order valence-electron chi connectivity index (χ1n) is 8.67. The van der Waals surface area contributed by atoms with Crippen LogP contribution in [0.1, 0.15) is 38.5 Å². The Bertz CT molecular complexity index is 389. The molecule has 4 aliphatic carbocycles. The highest BCUT2D eigenvalue weighted by Crippen LogP contribution is 2.55. The molecule has 4 saturated carbocycles. The second-order valence-electron chi connectivity index (χ2n) is 7.92. The van der Waals surface area contributed by atoms with Gasteiger partial charge in [-0.2, -0.15) is 0 Å². The Morgan fingerprint density at radius 1 is 1.19 bits per heavy atom. The third-order valence-electron chi connectivity index (χ3n) is 6.29. The van der Waals surface area contributed by atoms with Crippen LogP contribution in [0.25, 0.3) is 0 Å². The number of carbonyl (C=O) groups is 1. The summed E-state index contributed by atoms with van der Waals surface area (Å²) in [5.41, 5.74) is 5.94. The molecule has 0 radical (unpaired) electrons. The minimum atomic E-state index is 0.107. The van der Waals surface area contributed by atoms with E-state index in [0.29, 0.717) is 6.54 Å². The summed E-state index contributed by atoms with van der Waals surface area (Å²) in [5.74, 6) is 2.60. The van der Waals surface area contributed by atoms with Crippen molar-refractivity contribution >= 4 is 6.03 Å². The van der Waals surface area contributed by atoms with E-state index in [9.17, 15) is 4.79 Å². The molecule has 2 amide bonds. The topological polar surface area (TPSA) is 70.4 Å². The van der Waals surface area contributed by atoms with Crippen LogP contribution in [0.3, 0.4) is 0 Å². The maximum Gasteiger partial charge on any atom is 0.318 e. The summed E-state index contributed by atoms with van der Waals surface area (Å²) in [6.07, 6.45) is 7.87. The summed E-state index contributed by atoms with van der Waals surface area (Å²) in [5, 5.41) is 6.79. The average Bonchev–Trinajstić information content (AvgIpc) is 2.45. The predicted molar refractivity (Wildman–Crippen MR) is 81.9 cm³/mol. The van der Waals surface area contributed by atoms with Crippen molar-refractivity contribution in [3.8, 4) is 0 Å². The standard InChI is InChI=1S/C16H28N4O/c17-9-14-10-18-1-2-20(14)15(21)19-16-6-11-3-12(7-16)5-13(4-11)8-16/h11-14,18H,1-10,17H2,(H,19,21). The fraction of sp³-hybridized carbons (Fsp3) is 0.938. The zero-order valence-corrected chi connectivity index (χ0v) is 12.8. The maximum atomic E-state index is 12.8. The third-order valence-corrected chi connectivity index (χ3v) is 6.29. The van der Waals surface area contributed by atoms with E-state index < -0.39 is 0 Å². The first kappa shape index (κ1) is 13.8. The van der Waals surface area contributed by atoms with Crippen LogP contribution in [0.2, 0.25) is 0 Å². The Balaban J connectivity index is 1.46. The molecule has 5 fully saturated rings. The molecular formula is C16H28N4O. The van der Waals surface area contributed by atoms with Gasteiger partial charge in [-0.05, 0) is 56.3 Å². The lowest BCUT2D eigenvalue weighted by Gasteiger charge is -2.57. The fourth-order valence-electron chi connectivity index (χ4n) is 5.80. The van der Waals surface area contributed by atoms with Gasteiger partial charge in [0, 0.05) is 31.7 Å². The molecule has 4 N–H and O–H groups in total. The van der Waals surface area contributed by atoms with Crippen molar-refractivity contribution in [1.29, 1.82) is 0 Å². The zero-order chi connectivity index (χ0) is 14.4. The molecule has 1 saturated heterocycles. The number of piperazine rings is 1. The number of carbonyl (C=O) groups excluding carboxylic acids is 1. The number of nitrogens with zero attached hydrogens (tertiary/aromatic N) is 1.